The highest BCUT2D eigenvalue weighted by molar-refractivity contribution is 9.11. The number of ether oxygens (including phenoxy) is 1. The van der Waals surface area contributed by atoms with Crippen molar-refractivity contribution in [2.75, 3.05) is 11.9 Å². The molecule has 1 aliphatic rings. The third-order valence-corrected chi connectivity index (χ3v) is 3.60. The molecule has 0 bridgehead atoms. The Morgan fingerprint density at radius 3 is 2.92 bits per heavy atom. The molecule has 1 saturated heterocycles. The molecule has 74 valence electrons. The third kappa shape index (κ3) is 2.56. The number of alkyl halides is 1. The van der Waals surface area contributed by atoms with Crippen molar-refractivity contribution in [1.82, 2.24) is 0 Å². The summed E-state index contributed by atoms with van der Waals surface area (Å²) in [6.07, 6.45) is 1.94. The topological polar surface area (TPSA) is 26.3 Å². The fraction of sp³-hybridized carbons (Fsp3) is 0.667. The first-order valence-electron chi connectivity index (χ1n) is 4.32. The van der Waals surface area contributed by atoms with Gasteiger partial charge in [-0.05, 0) is 6.42 Å². The molecule has 4 heteroatoms. The van der Waals surface area contributed by atoms with Gasteiger partial charge in [-0.15, -0.1) is 0 Å². The van der Waals surface area contributed by atoms with Gasteiger partial charge in [0.1, 0.15) is 0 Å². The SMILES string of the molecule is CCC/C(Br)=C1/C(=O)OCC1CBr. The molecule has 1 fully saturated rings. The van der Waals surface area contributed by atoms with Crippen LogP contribution in [0.1, 0.15) is 19.8 Å². The molecule has 0 amide bonds. The van der Waals surface area contributed by atoms with Crippen LogP contribution in [0.3, 0.4) is 0 Å². The Bertz CT molecular complexity index is 236. The third-order valence-electron chi connectivity index (χ3n) is 1.99. The number of hydrogen-bond donors (Lipinski definition) is 0. The maximum atomic E-state index is 11.3. The van der Waals surface area contributed by atoms with Gasteiger partial charge in [0, 0.05) is 15.7 Å². The summed E-state index contributed by atoms with van der Waals surface area (Å²) in [4.78, 5) is 11.3. The van der Waals surface area contributed by atoms with Gasteiger partial charge in [-0.2, -0.15) is 0 Å². The largest absolute Gasteiger partial charge is 0.462 e. The van der Waals surface area contributed by atoms with Gasteiger partial charge in [0.25, 0.3) is 0 Å². The molecule has 1 heterocycles. The normalized spacial score (nSPS) is 26.1. The first kappa shape index (κ1) is 11.2. The van der Waals surface area contributed by atoms with Crippen molar-refractivity contribution in [2.24, 2.45) is 5.92 Å². The number of esters is 1. The zero-order valence-electron chi connectivity index (χ0n) is 7.48. The van der Waals surface area contributed by atoms with Crippen molar-refractivity contribution in [3.63, 3.8) is 0 Å². The molecule has 0 saturated carbocycles. The number of rotatable bonds is 3. The van der Waals surface area contributed by atoms with Crippen LogP contribution in [-0.2, 0) is 9.53 Å². The second kappa shape index (κ2) is 5.15. The van der Waals surface area contributed by atoms with Gasteiger partial charge in [-0.1, -0.05) is 45.2 Å². The number of carbonyl (C=O) groups is 1. The van der Waals surface area contributed by atoms with Crippen molar-refractivity contribution in [2.45, 2.75) is 19.8 Å². The molecular weight excluding hydrogens is 300 g/mol. The van der Waals surface area contributed by atoms with Crippen molar-refractivity contribution < 1.29 is 9.53 Å². The molecule has 2 nitrogen and oxygen atoms in total. The van der Waals surface area contributed by atoms with E-state index in [0.29, 0.717) is 6.61 Å². The summed E-state index contributed by atoms with van der Waals surface area (Å²) in [6.45, 7) is 2.60. The minimum Gasteiger partial charge on any atom is -0.462 e. The highest BCUT2D eigenvalue weighted by Gasteiger charge is 2.31. The summed E-state index contributed by atoms with van der Waals surface area (Å²) in [5.74, 6) is 0.0539. The average Bonchev–Trinajstić information content (AvgIpc) is 2.47. The number of halogens is 2. The average molecular weight is 312 g/mol. The maximum Gasteiger partial charge on any atom is 0.335 e. The minimum absolute atomic E-state index is 0.162. The van der Waals surface area contributed by atoms with Crippen LogP contribution >= 0.6 is 31.9 Å². The molecule has 13 heavy (non-hydrogen) atoms. The van der Waals surface area contributed by atoms with Crippen LogP contribution in [0.2, 0.25) is 0 Å². The minimum atomic E-state index is -0.162. The molecule has 0 spiro atoms. The highest BCUT2D eigenvalue weighted by atomic mass is 79.9. The van der Waals surface area contributed by atoms with Crippen molar-refractivity contribution in [3.8, 4) is 0 Å². The van der Waals surface area contributed by atoms with Crippen LogP contribution in [0.5, 0.6) is 0 Å². The lowest BCUT2D eigenvalue weighted by molar-refractivity contribution is -0.135. The molecular formula is C9H12Br2O2. The van der Waals surface area contributed by atoms with E-state index in [-0.39, 0.29) is 11.9 Å². The van der Waals surface area contributed by atoms with Gasteiger partial charge in [0.05, 0.1) is 12.2 Å². The van der Waals surface area contributed by atoms with E-state index >= 15 is 0 Å². The van der Waals surface area contributed by atoms with Gasteiger partial charge in [0.15, 0.2) is 0 Å². The predicted molar refractivity (Wildman–Crippen MR) is 59.1 cm³/mol. The quantitative estimate of drug-likeness (QED) is 0.455. The van der Waals surface area contributed by atoms with E-state index in [1.807, 2.05) is 0 Å². The summed E-state index contributed by atoms with van der Waals surface area (Å²) >= 11 is 6.82. The highest BCUT2D eigenvalue weighted by Crippen LogP contribution is 2.30. The van der Waals surface area contributed by atoms with Crippen molar-refractivity contribution in [3.05, 3.63) is 10.1 Å². The van der Waals surface area contributed by atoms with Gasteiger partial charge < -0.3 is 4.74 Å². The summed E-state index contributed by atoms with van der Waals surface area (Å²) in [6, 6.07) is 0. The smallest absolute Gasteiger partial charge is 0.335 e. The zero-order valence-corrected chi connectivity index (χ0v) is 10.7. The molecule has 0 aromatic rings. The summed E-state index contributed by atoms with van der Waals surface area (Å²) < 4.78 is 5.98. The number of allylic oxidation sites excluding steroid dienone is 1. The predicted octanol–water partition coefficient (Wildman–Crippen LogP) is 3.00. The Kier molecular flexibility index (Phi) is 4.46. The Balaban J connectivity index is 2.84. The Labute approximate surface area is 95.0 Å². The number of cyclic esters (lactones) is 1. The van der Waals surface area contributed by atoms with Crippen LogP contribution in [-0.4, -0.2) is 17.9 Å². The zero-order chi connectivity index (χ0) is 9.84. The van der Waals surface area contributed by atoms with E-state index in [0.717, 1.165) is 28.2 Å². The molecule has 1 aliphatic heterocycles. The van der Waals surface area contributed by atoms with E-state index in [1.54, 1.807) is 0 Å². The fourth-order valence-corrected chi connectivity index (χ4v) is 2.70. The number of carbonyl (C=O) groups excluding carboxylic acids is 1. The molecule has 1 atom stereocenters. The second-order valence-electron chi connectivity index (χ2n) is 3.02. The Hall–Kier alpha value is 0.170. The van der Waals surface area contributed by atoms with Gasteiger partial charge in [-0.3, -0.25) is 0 Å². The Morgan fingerprint density at radius 2 is 2.38 bits per heavy atom. The second-order valence-corrected chi connectivity index (χ2v) is 4.62. The van der Waals surface area contributed by atoms with E-state index in [4.69, 9.17) is 4.74 Å². The molecule has 0 aromatic heterocycles. The molecule has 0 aromatic carbocycles. The standard InChI is InChI=1S/C9H12Br2O2/c1-2-3-7(11)8-6(4-10)5-13-9(8)12/h6H,2-5H2,1H3/b8-7-. The van der Waals surface area contributed by atoms with Crippen molar-refractivity contribution in [1.29, 1.82) is 0 Å². The maximum absolute atomic E-state index is 11.3. The lowest BCUT2D eigenvalue weighted by Gasteiger charge is -2.05. The summed E-state index contributed by atoms with van der Waals surface area (Å²) in [5, 5.41) is 0.785. The van der Waals surface area contributed by atoms with E-state index in [2.05, 4.69) is 38.8 Å². The van der Waals surface area contributed by atoms with E-state index in [9.17, 15) is 4.79 Å². The van der Waals surface area contributed by atoms with Gasteiger partial charge in [0.2, 0.25) is 0 Å². The fourth-order valence-electron chi connectivity index (χ4n) is 1.31. The lowest BCUT2D eigenvalue weighted by atomic mass is 10.0. The Morgan fingerprint density at radius 1 is 1.69 bits per heavy atom. The van der Waals surface area contributed by atoms with Crippen LogP contribution in [0.15, 0.2) is 10.1 Å². The molecule has 0 aliphatic carbocycles. The van der Waals surface area contributed by atoms with Crippen LogP contribution in [0, 0.1) is 5.92 Å². The molecule has 1 unspecified atom stereocenters. The lowest BCUT2D eigenvalue weighted by Crippen LogP contribution is -2.06. The van der Waals surface area contributed by atoms with E-state index < -0.39 is 0 Å². The molecule has 0 radical (unpaired) electrons. The first-order valence-corrected chi connectivity index (χ1v) is 6.23. The van der Waals surface area contributed by atoms with Crippen LogP contribution in [0.4, 0.5) is 0 Å². The van der Waals surface area contributed by atoms with Crippen molar-refractivity contribution >= 4 is 37.8 Å². The van der Waals surface area contributed by atoms with E-state index in [1.165, 1.54) is 0 Å². The molecule has 1 rings (SSSR count). The molecule has 0 N–H and O–H groups in total. The van der Waals surface area contributed by atoms with Crippen LogP contribution < -0.4 is 0 Å². The number of hydrogen-bond acceptors (Lipinski definition) is 2. The van der Waals surface area contributed by atoms with Gasteiger partial charge >= 0.3 is 5.97 Å². The monoisotopic (exact) mass is 310 g/mol. The first-order chi connectivity index (χ1) is 6.20. The summed E-state index contributed by atoms with van der Waals surface area (Å²) in [7, 11) is 0. The summed E-state index contributed by atoms with van der Waals surface area (Å²) in [5.41, 5.74) is 0.818. The van der Waals surface area contributed by atoms with Gasteiger partial charge in [-0.25, -0.2) is 4.79 Å². The van der Waals surface area contributed by atoms with Crippen LogP contribution in [0.25, 0.3) is 0 Å².